The molecule has 2 aliphatic heterocycles. The Morgan fingerprint density at radius 3 is 1.46 bits per heavy atom. The van der Waals surface area contributed by atoms with Crippen LogP contribution in [0.5, 0.6) is 0 Å². The second kappa shape index (κ2) is 15.6. The molecule has 0 aromatic heterocycles. The number of halogens is 1. The molecular weight excluding hydrogens is 671 g/mol. The summed E-state index contributed by atoms with van der Waals surface area (Å²) in [6, 6.07) is 0. The zero-order valence-electron chi connectivity index (χ0n) is 23.1. The number of esters is 6. The number of alkyl halides is 1. The van der Waals surface area contributed by atoms with Gasteiger partial charge < -0.3 is 47.7 Å². The summed E-state index contributed by atoms with van der Waals surface area (Å²) in [6.45, 7) is 5.62. The minimum atomic E-state index is -1.65. The van der Waals surface area contributed by atoms with Crippen LogP contribution in [-0.2, 0) is 71.4 Å². The van der Waals surface area contributed by atoms with Gasteiger partial charge in [0.2, 0.25) is 0 Å². The summed E-state index contributed by atoms with van der Waals surface area (Å²) in [6.07, 6.45) is -12.8. The lowest BCUT2D eigenvalue weighted by molar-refractivity contribution is -0.342. The standard InChI is InChI=1S/C24H33IO16/c1-9(26)33-7-15-18(20(36-12(4)29)17(25)23(32)39-15)41-24-22(38-14(6)31)21(37-13(5)30)19(35-11(3)28)16(40-24)8-34-10(2)27/h15-24,32H,7-8H2,1-6H3/t15-,16-,17+,18-,19+,20-,21+,22-,23+,24+/m1/s1. The van der Waals surface area contributed by atoms with E-state index in [2.05, 4.69) is 0 Å². The number of hydrogen-bond donors (Lipinski definition) is 1. The van der Waals surface area contributed by atoms with Gasteiger partial charge in [-0.15, -0.1) is 0 Å². The minimum absolute atomic E-state index is 0.455. The molecule has 2 rings (SSSR count). The van der Waals surface area contributed by atoms with E-state index in [1.165, 1.54) is 0 Å². The largest absolute Gasteiger partial charge is 0.463 e. The molecule has 17 heteroatoms. The average Bonchev–Trinajstić information content (AvgIpc) is 2.83. The van der Waals surface area contributed by atoms with Crippen LogP contribution in [0.15, 0.2) is 0 Å². The molecule has 2 heterocycles. The molecule has 2 saturated heterocycles. The molecule has 0 bridgehead atoms. The fraction of sp³-hybridized carbons (Fsp3) is 0.750. The Balaban J connectivity index is 2.58. The molecule has 2 fully saturated rings. The topological polar surface area (TPSA) is 206 Å². The van der Waals surface area contributed by atoms with Crippen LogP contribution in [0.2, 0.25) is 0 Å². The Labute approximate surface area is 248 Å². The summed E-state index contributed by atoms with van der Waals surface area (Å²) < 4.78 is 48.4. The molecule has 0 radical (unpaired) electrons. The van der Waals surface area contributed by atoms with Crippen LogP contribution in [0, 0.1) is 0 Å². The van der Waals surface area contributed by atoms with E-state index in [1.54, 1.807) is 22.6 Å². The first-order valence-corrected chi connectivity index (χ1v) is 13.6. The molecule has 1 N–H and O–H groups in total. The van der Waals surface area contributed by atoms with Crippen molar-refractivity contribution in [3.8, 4) is 0 Å². The molecule has 2 aliphatic rings. The van der Waals surface area contributed by atoms with Gasteiger partial charge in [-0.2, -0.15) is 0 Å². The second-order valence-corrected chi connectivity index (χ2v) is 10.5. The molecule has 10 atom stereocenters. The maximum absolute atomic E-state index is 12.1. The Kier molecular flexibility index (Phi) is 13.1. The predicted octanol–water partition coefficient (Wildman–Crippen LogP) is -0.530. The lowest BCUT2D eigenvalue weighted by Gasteiger charge is -2.47. The number of carbonyl (C=O) groups excluding carboxylic acids is 6. The molecule has 0 spiro atoms. The normalized spacial score (nSPS) is 33.1. The average molecular weight is 704 g/mol. The van der Waals surface area contributed by atoms with Crippen molar-refractivity contribution < 1.29 is 76.5 Å². The van der Waals surface area contributed by atoms with Gasteiger partial charge in [-0.05, 0) is 0 Å². The van der Waals surface area contributed by atoms with Crippen LogP contribution < -0.4 is 0 Å². The Morgan fingerprint density at radius 1 is 0.585 bits per heavy atom. The first kappa shape index (κ1) is 34.6. The van der Waals surface area contributed by atoms with Crippen molar-refractivity contribution in [1.29, 1.82) is 0 Å². The van der Waals surface area contributed by atoms with E-state index in [9.17, 15) is 33.9 Å². The highest BCUT2D eigenvalue weighted by atomic mass is 127. The van der Waals surface area contributed by atoms with Crippen molar-refractivity contribution in [2.24, 2.45) is 0 Å². The summed E-state index contributed by atoms with van der Waals surface area (Å²) in [4.78, 5) is 71.2. The quantitative estimate of drug-likeness (QED) is 0.131. The van der Waals surface area contributed by atoms with E-state index in [4.69, 9.17) is 42.6 Å². The van der Waals surface area contributed by atoms with Gasteiger partial charge in [0.05, 0.1) is 0 Å². The molecule has 16 nitrogen and oxygen atoms in total. The second-order valence-electron chi connectivity index (χ2n) is 9.05. The van der Waals surface area contributed by atoms with Gasteiger partial charge in [-0.1, -0.05) is 22.6 Å². The van der Waals surface area contributed by atoms with Gasteiger partial charge in [0.15, 0.2) is 30.9 Å². The van der Waals surface area contributed by atoms with E-state index in [0.29, 0.717) is 0 Å². The number of aliphatic hydroxyl groups excluding tert-OH is 1. The van der Waals surface area contributed by atoms with E-state index >= 15 is 0 Å². The van der Waals surface area contributed by atoms with Crippen LogP contribution in [0.1, 0.15) is 41.5 Å². The lowest BCUT2D eigenvalue weighted by Crippen LogP contribution is -2.66. The Hall–Kier alpha value is -2.61. The molecular formula is C24H33IO16. The van der Waals surface area contributed by atoms with Gasteiger partial charge in [-0.25, -0.2) is 0 Å². The lowest BCUT2D eigenvalue weighted by atomic mass is 9.97. The molecule has 0 amide bonds. The number of rotatable bonds is 10. The third kappa shape index (κ3) is 10.3. The Bertz CT molecular complexity index is 987. The van der Waals surface area contributed by atoms with Crippen molar-refractivity contribution in [2.45, 2.75) is 101 Å². The zero-order valence-corrected chi connectivity index (χ0v) is 25.3. The molecule has 0 saturated carbocycles. The smallest absolute Gasteiger partial charge is 0.303 e. The molecule has 0 aromatic carbocycles. The van der Waals surface area contributed by atoms with Crippen molar-refractivity contribution in [3.05, 3.63) is 0 Å². The van der Waals surface area contributed by atoms with E-state index < -0.39 is 108 Å². The summed E-state index contributed by atoms with van der Waals surface area (Å²) in [5.41, 5.74) is 0. The minimum Gasteiger partial charge on any atom is -0.463 e. The highest BCUT2D eigenvalue weighted by Gasteiger charge is 2.56. The van der Waals surface area contributed by atoms with Gasteiger partial charge in [-0.3, -0.25) is 28.8 Å². The third-order valence-corrected chi connectivity index (χ3v) is 6.91. The van der Waals surface area contributed by atoms with Crippen LogP contribution >= 0.6 is 22.6 Å². The number of aliphatic hydroxyl groups is 1. The van der Waals surface area contributed by atoms with E-state index in [0.717, 1.165) is 41.5 Å². The van der Waals surface area contributed by atoms with Gasteiger partial charge in [0.1, 0.15) is 41.6 Å². The number of carbonyl (C=O) groups is 6. The van der Waals surface area contributed by atoms with Gasteiger partial charge >= 0.3 is 35.8 Å². The van der Waals surface area contributed by atoms with E-state index in [1.807, 2.05) is 0 Å². The maximum atomic E-state index is 12.1. The number of hydrogen-bond acceptors (Lipinski definition) is 16. The van der Waals surface area contributed by atoms with Crippen molar-refractivity contribution in [3.63, 3.8) is 0 Å². The van der Waals surface area contributed by atoms with Gasteiger partial charge in [0, 0.05) is 41.5 Å². The van der Waals surface area contributed by atoms with Gasteiger partial charge in [0.25, 0.3) is 0 Å². The predicted molar refractivity (Wildman–Crippen MR) is 138 cm³/mol. The van der Waals surface area contributed by atoms with Crippen molar-refractivity contribution in [1.82, 2.24) is 0 Å². The first-order chi connectivity index (χ1) is 19.1. The first-order valence-electron chi connectivity index (χ1n) is 12.3. The molecule has 0 unspecified atom stereocenters. The molecule has 41 heavy (non-hydrogen) atoms. The Morgan fingerprint density at radius 2 is 1.00 bits per heavy atom. The van der Waals surface area contributed by atoms with E-state index in [-0.39, 0.29) is 0 Å². The van der Waals surface area contributed by atoms with Crippen LogP contribution in [0.3, 0.4) is 0 Å². The molecule has 0 aliphatic carbocycles. The van der Waals surface area contributed by atoms with Crippen molar-refractivity contribution >= 4 is 58.4 Å². The van der Waals surface area contributed by atoms with Crippen LogP contribution in [0.4, 0.5) is 0 Å². The summed E-state index contributed by atoms with van der Waals surface area (Å²) in [7, 11) is 0. The SMILES string of the molecule is CC(=O)OC[C@H]1O[C@@H](O[C@H]2[C@H](OC(C)=O)[C@H](I)[C@@H](O)O[C@@H]2COC(C)=O)[C@H](OC(C)=O)[C@@H](OC(C)=O)[C@H]1OC(C)=O. The summed E-state index contributed by atoms with van der Waals surface area (Å²) in [5.74, 6) is -4.67. The third-order valence-electron chi connectivity index (χ3n) is 5.58. The highest BCUT2D eigenvalue weighted by molar-refractivity contribution is 14.1. The fourth-order valence-corrected chi connectivity index (χ4v) is 4.89. The van der Waals surface area contributed by atoms with Crippen molar-refractivity contribution in [2.75, 3.05) is 13.2 Å². The van der Waals surface area contributed by atoms with Crippen LogP contribution in [-0.4, -0.2) is 113 Å². The summed E-state index contributed by atoms with van der Waals surface area (Å²) in [5, 5.41) is 10.4. The number of ether oxygens (including phenoxy) is 9. The monoisotopic (exact) mass is 704 g/mol. The molecule has 232 valence electrons. The molecule has 0 aromatic rings. The van der Waals surface area contributed by atoms with Crippen LogP contribution in [0.25, 0.3) is 0 Å². The zero-order chi connectivity index (χ0) is 31.0. The summed E-state index contributed by atoms with van der Waals surface area (Å²) >= 11 is 1.78. The maximum Gasteiger partial charge on any atom is 0.303 e. The fourth-order valence-electron chi connectivity index (χ4n) is 4.16. The highest BCUT2D eigenvalue weighted by Crippen LogP contribution is 2.35.